The maximum Gasteiger partial charge on any atom is 0.265 e. The Balaban J connectivity index is 1.67. The molecule has 1 unspecified atom stereocenters. The minimum atomic E-state index is -2.12. The number of pyridine rings is 1. The highest BCUT2D eigenvalue weighted by Gasteiger charge is 2.54. The number of hydrogen-bond donors (Lipinski definition) is 3. The summed E-state index contributed by atoms with van der Waals surface area (Å²) in [5.41, 5.74) is 17.3. The lowest BCUT2D eigenvalue weighted by atomic mass is 9.68. The van der Waals surface area contributed by atoms with Crippen LogP contribution in [0.4, 0.5) is 14.6 Å². The number of halogens is 2. The van der Waals surface area contributed by atoms with Crippen molar-refractivity contribution in [1.29, 1.82) is 0 Å². The number of nitrogen functional groups attached to an aromatic ring is 1. The first kappa shape index (κ1) is 30.1. The zero-order chi connectivity index (χ0) is 31.9. The summed E-state index contributed by atoms with van der Waals surface area (Å²) >= 11 is 0. The Kier molecular flexibility index (Phi) is 7.77. The maximum absolute atomic E-state index is 16.0. The van der Waals surface area contributed by atoms with Crippen LogP contribution in [-0.2, 0) is 26.3 Å². The quantitative estimate of drug-likeness (QED) is 0.261. The van der Waals surface area contributed by atoms with Gasteiger partial charge in [0.2, 0.25) is 5.91 Å². The van der Waals surface area contributed by atoms with Crippen molar-refractivity contribution in [1.82, 2.24) is 19.7 Å². The number of benzene rings is 2. The van der Waals surface area contributed by atoms with Crippen LogP contribution < -0.4 is 17.2 Å². The molecule has 12 heteroatoms. The number of allylic oxidation sites excluding steroid dienone is 1. The van der Waals surface area contributed by atoms with Crippen molar-refractivity contribution in [3.05, 3.63) is 95.6 Å². The van der Waals surface area contributed by atoms with Gasteiger partial charge in [0.1, 0.15) is 23.1 Å². The molecule has 5 rings (SSSR count). The predicted molar refractivity (Wildman–Crippen MR) is 161 cm³/mol. The van der Waals surface area contributed by atoms with Crippen LogP contribution in [0, 0.1) is 11.6 Å². The van der Waals surface area contributed by atoms with Crippen LogP contribution in [0.15, 0.2) is 72.8 Å². The summed E-state index contributed by atoms with van der Waals surface area (Å²) in [6.07, 6.45) is 5.05. The fraction of sp³-hybridized carbons (Fsp3) is 0.219. The molecule has 1 aliphatic heterocycles. The van der Waals surface area contributed by atoms with Crippen LogP contribution in [0.5, 0.6) is 0 Å². The topological polar surface area (TPSA) is 163 Å². The smallest absolute Gasteiger partial charge is 0.265 e. The molecule has 3 heterocycles. The Morgan fingerprint density at radius 3 is 2.25 bits per heavy atom. The Morgan fingerprint density at radius 1 is 0.977 bits per heavy atom. The van der Waals surface area contributed by atoms with Crippen LogP contribution in [0.3, 0.4) is 0 Å². The Morgan fingerprint density at radius 2 is 1.68 bits per heavy atom. The summed E-state index contributed by atoms with van der Waals surface area (Å²) in [4.78, 5) is 46.1. The first-order valence-electron chi connectivity index (χ1n) is 13.9. The van der Waals surface area contributed by atoms with Gasteiger partial charge in [-0.3, -0.25) is 19.1 Å². The van der Waals surface area contributed by atoms with Crippen LogP contribution in [0.1, 0.15) is 31.9 Å². The summed E-state index contributed by atoms with van der Waals surface area (Å²) in [6, 6.07) is 9.98. The number of Topliss-reactive ketones (excluding diaryl/α,β-unsaturated/α-hetero) is 1. The monoisotopic (exact) mass is 599 g/mol. The standard InChI is InChI=1S/C32H31F2N7O3/c1-4-40-15-20(14-39-40)19-11-24(29(35)38-13-19)23-10-7-21(12-25(23)34)32(31(37)44)16-41(17(2)3)27(30(36)43)26(28(32)42)18-5-8-22(33)9-6-18/h5-15,17H,4,16H2,1-3H3,(H2,35,38)(H2,36,43)(H2,37,44). The van der Waals surface area contributed by atoms with E-state index in [0.717, 1.165) is 23.8 Å². The molecule has 0 fully saturated rings. The minimum absolute atomic E-state index is 0.0306. The minimum Gasteiger partial charge on any atom is -0.383 e. The van der Waals surface area contributed by atoms with E-state index < -0.39 is 40.7 Å². The van der Waals surface area contributed by atoms with E-state index in [1.54, 1.807) is 37.0 Å². The summed E-state index contributed by atoms with van der Waals surface area (Å²) < 4.78 is 31.6. The summed E-state index contributed by atoms with van der Waals surface area (Å²) in [7, 11) is 0. The SMILES string of the molecule is CCn1cc(-c2cnc(N)c(-c3ccc(C4(C(N)=O)CN(C(C)C)C(C(N)=O)=C(c5ccc(F)cc5)C4=O)cc3F)c2)cn1. The van der Waals surface area contributed by atoms with Gasteiger partial charge in [0.05, 0.1) is 11.8 Å². The van der Waals surface area contributed by atoms with Crippen molar-refractivity contribution in [2.75, 3.05) is 12.3 Å². The second kappa shape index (κ2) is 11.4. The average molecular weight is 600 g/mol. The van der Waals surface area contributed by atoms with E-state index in [1.807, 2.05) is 13.1 Å². The van der Waals surface area contributed by atoms with Crippen molar-refractivity contribution >= 4 is 29.0 Å². The molecule has 2 amide bonds. The van der Waals surface area contributed by atoms with Crippen molar-refractivity contribution in [3.63, 3.8) is 0 Å². The van der Waals surface area contributed by atoms with Gasteiger partial charge in [-0.2, -0.15) is 5.10 Å². The summed E-state index contributed by atoms with van der Waals surface area (Å²) in [5.74, 6) is -4.12. The molecule has 0 saturated carbocycles. The number of aryl methyl sites for hydroxylation is 1. The number of nitrogens with zero attached hydrogens (tertiary/aromatic N) is 4. The lowest BCUT2D eigenvalue weighted by Crippen LogP contribution is -2.60. The number of nitrogens with two attached hydrogens (primary N) is 3. The van der Waals surface area contributed by atoms with Crippen LogP contribution in [0.25, 0.3) is 27.8 Å². The predicted octanol–water partition coefficient (Wildman–Crippen LogP) is 3.41. The average Bonchev–Trinajstić information content (AvgIpc) is 3.47. The zero-order valence-electron chi connectivity index (χ0n) is 24.3. The van der Waals surface area contributed by atoms with Gasteiger partial charge < -0.3 is 22.1 Å². The number of hydrogen-bond acceptors (Lipinski definition) is 7. The molecule has 44 heavy (non-hydrogen) atoms. The molecule has 10 nitrogen and oxygen atoms in total. The molecular weight excluding hydrogens is 568 g/mol. The van der Waals surface area contributed by atoms with Crippen LogP contribution in [-0.4, -0.2) is 49.8 Å². The van der Waals surface area contributed by atoms with Crippen molar-refractivity contribution in [3.8, 4) is 22.3 Å². The van der Waals surface area contributed by atoms with E-state index in [0.29, 0.717) is 17.7 Å². The molecule has 0 spiro atoms. The molecule has 0 aliphatic carbocycles. The third-order valence-corrected chi connectivity index (χ3v) is 7.92. The fourth-order valence-corrected chi connectivity index (χ4v) is 5.55. The third kappa shape index (κ3) is 4.97. The van der Waals surface area contributed by atoms with E-state index in [-0.39, 0.29) is 40.3 Å². The van der Waals surface area contributed by atoms with Crippen LogP contribution in [0.2, 0.25) is 0 Å². The van der Waals surface area contributed by atoms with Gasteiger partial charge in [0, 0.05) is 53.8 Å². The molecule has 4 aromatic rings. The molecule has 6 N–H and O–H groups in total. The molecule has 0 radical (unpaired) electrons. The van der Waals surface area contributed by atoms with Gasteiger partial charge in [-0.05, 0) is 56.2 Å². The second-order valence-electron chi connectivity index (χ2n) is 10.9. The number of ketones is 1. The Hall–Kier alpha value is -5.39. The van der Waals surface area contributed by atoms with Gasteiger partial charge in [-0.15, -0.1) is 0 Å². The van der Waals surface area contributed by atoms with E-state index in [4.69, 9.17) is 17.2 Å². The lowest BCUT2D eigenvalue weighted by Gasteiger charge is -2.44. The molecule has 1 atom stereocenters. The Bertz CT molecular complexity index is 1830. The molecule has 1 aliphatic rings. The van der Waals surface area contributed by atoms with E-state index in [2.05, 4.69) is 10.1 Å². The molecule has 2 aromatic carbocycles. The number of carbonyl (C=O) groups excluding carboxylic acids is 3. The summed E-state index contributed by atoms with van der Waals surface area (Å²) in [6.45, 7) is 5.72. The molecule has 0 bridgehead atoms. The zero-order valence-corrected chi connectivity index (χ0v) is 24.3. The lowest BCUT2D eigenvalue weighted by molar-refractivity contribution is -0.134. The number of aromatic nitrogens is 3. The van der Waals surface area contributed by atoms with Gasteiger partial charge in [0.15, 0.2) is 11.2 Å². The van der Waals surface area contributed by atoms with Crippen molar-refractivity contribution in [2.45, 2.75) is 38.8 Å². The summed E-state index contributed by atoms with van der Waals surface area (Å²) in [5, 5.41) is 4.27. The highest BCUT2D eigenvalue weighted by atomic mass is 19.1. The highest BCUT2D eigenvalue weighted by Crippen LogP contribution is 2.42. The molecule has 2 aromatic heterocycles. The molecular formula is C32H31F2N7O3. The van der Waals surface area contributed by atoms with Crippen molar-refractivity contribution < 1.29 is 23.2 Å². The largest absolute Gasteiger partial charge is 0.383 e. The van der Waals surface area contributed by atoms with E-state index >= 15 is 4.39 Å². The first-order valence-corrected chi connectivity index (χ1v) is 13.9. The molecule has 0 saturated heterocycles. The van der Waals surface area contributed by atoms with Gasteiger partial charge >= 0.3 is 0 Å². The third-order valence-electron chi connectivity index (χ3n) is 7.92. The van der Waals surface area contributed by atoms with Gasteiger partial charge in [0.25, 0.3) is 5.91 Å². The van der Waals surface area contributed by atoms with Gasteiger partial charge in [-0.25, -0.2) is 13.8 Å². The second-order valence-corrected chi connectivity index (χ2v) is 10.9. The number of rotatable bonds is 8. The molecule has 226 valence electrons. The van der Waals surface area contributed by atoms with Gasteiger partial charge in [-0.1, -0.05) is 24.3 Å². The fourth-order valence-electron chi connectivity index (χ4n) is 5.55. The highest BCUT2D eigenvalue weighted by molar-refractivity contribution is 6.36. The Labute approximate surface area is 252 Å². The van der Waals surface area contributed by atoms with E-state index in [1.165, 1.54) is 29.2 Å². The number of primary amides is 2. The number of carbonyl (C=O) groups is 3. The van der Waals surface area contributed by atoms with Crippen LogP contribution >= 0.6 is 0 Å². The maximum atomic E-state index is 16.0. The van der Waals surface area contributed by atoms with Crippen molar-refractivity contribution in [2.24, 2.45) is 11.5 Å². The first-order chi connectivity index (χ1) is 20.9. The normalized spacial score (nSPS) is 17.0. The number of amides is 2. The van der Waals surface area contributed by atoms with E-state index in [9.17, 15) is 18.8 Å². The number of anilines is 1.